The smallest absolute Gasteiger partial charge is 0.308 e. The molecule has 0 radical (unpaired) electrons. The minimum atomic E-state index is -0.740. The number of hydrogen-bond donors (Lipinski definition) is 1. The van der Waals surface area contributed by atoms with Crippen LogP contribution in [0.15, 0.2) is 0 Å². The van der Waals surface area contributed by atoms with Crippen LogP contribution < -0.4 is 5.32 Å². The number of carbonyl (C=O) groups excluding carboxylic acids is 14. The maximum atomic E-state index is 13.0. The van der Waals surface area contributed by atoms with E-state index >= 15 is 0 Å². The van der Waals surface area contributed by atoms with E-state index < -0.39 is 117 Å². The van der Waals surface area contributed by atoms with Gasteiger partial charge >= 0.3 is 5.97 Å². The van der Waals surface area contributed by atoms with Gasteiger partial charge in [-0.05, 0) is 26.7 Å². The van der Waals surface area contributed by atoms with Crippen LogP contribution in [0.4, 0.5) is 0 Å². The molecule has 11 amide bonds. The molecule has 26 nitrogen and oxygen atoms in total. The first-order valence-electron chi connectivity index (χ1n) is 26.2. The second kappa shape index (κ2) is 36.8. The molecule has 0 heterocycles. The van der Waals surface area contributed by atoms with Crippen LogP contribution >= 0.6 is 21.6 Å². The Balaban J connectivity index is 4.80. The van der Waals surface area contributed by atoms with Crippen molar-refractivity contribution in [1.82, 2.24) is 54.3 Å². The average molecular weight is 1170 g/mol. The topological polar surface area (TPSA) is 293 Å². The number of likely N-dealkylation sites (N-methyl/N-ethyl adjacent to an activating group) is 10. The molecule has 80 heavy (non-hydrogen) atoms. The van der Waals surface area contributed by atoms with Crippen molar-refractivity contribution in [2.45, 2.75) is 97.1 Å². The van der Waals surface area contributed by atoms with Crippen molar-refractivity contribution < 1.29 is 71.9 Å². The zero-order valence-electron chi connectivity index (χ0n) is 50.1. The Labute approximate surface area is 480 Å². The number of rotatable bonds is 36. The summed E-state index contributed by atoms with van der Waals surface area (Å²) in [4.78, 5) is 189. The number of carbonyl (C=O) groups is 14. The molecular weight excluding hydrogens is 1080 g/mol. The monoisotopic (exact) mass is 1170 g/mol. The highest BCUT2D eigenvalue weighted by atomic mass is 33.1. The predicted molar refractivity (Wildman–Crippen MR) is 302 cm³/mol. The molecule has 454 valence electrons. The summed E-state index contributed by atoms with van der Waals surface area (Å²) in [7, 11) is 16.7. The molecule has 28 heteroatoms. The molecule has 0 spiro atoms. The van der Waals surface area contributed by atoms with E-state index in [-0.39, 0.29) is 71.7 Å². The van der Waals surface area contributed by atoms with Gasteiger partial charge in [0.2, 0.25) is 65.0 Å². The molecule has 0 bridgehead atoms. The summed E-state index contributed by atoms with van der Waals surface area (Å²) >= 11 is 0. The van der Waals surface area contributed by atoms with Crippen LogP contribution in [0.2, 0.25) is 0 Å². The lowest BCUT2D eigenvalue weighted by atomic mass is 10.0. The van der Waals surface area contributed by atoms with Gasteiger partial charge in [-0.1, -0.05) is 56.2 Å². The van der Waals surface area contributed by atoms with Crippen molar-refractivity contribution in [3.05, 3.63) is 0 Å². The van der Waals surface area contributed by atoms with E-state index in [4.69, 9.17) is 4.74 Å². The lowest BCUT2D eigenvalue weighted by Gasteiger charge is -2.27. The fraction of sp³-hybridized carbons (Fsp3) is 0.731. The van der Waals surface area contributed by atoms with Crippen molar-refractivity contribution in [3.8, 4) is 0 Å². The maximum Gasteiger partial charge on any atom is 0.308 e. The number of Topliss-reactive ketones (excluding diaryl/α,β-unsaturated/α-hetero) is 2. The molecule has 0 aromatic heterocycles. The summed E-state index contributed by atoms with van der Waals surface area (Å²) < 4.78 is 5.27. The first kappa shape index (κ1) is 73.7. The van der Waals surface area contributed by atoms with Gasteiger partial charge in [0, 0.05) is 106 Å². The molecule has 0 aliphatic rings. The zero-order chi connectivity index (χ0) is 61.9. The molecular formula is C52H89N11O15S2. The molecule has 0 aromatic rings. The number of ether oxygens (including phenoxy) is 1. The van der Waals surface area contributed by atoms with E-state index in [0.717, 1.165) is 44.1 Å². The van der Waals surface area contributed by atoms with Gasteiger partial charge in [-0.15, -0.1) is 0 Å². The zero-order valence-corrected chi connectivity index (χ0v) is 51.7. The number of amides is 11. The lowest BCUT2D eigenvalue weighted by Crippen LogP contribution is -2.49. The number of esters is 1. The highest BCUT2D eigenvalue weighted by molar-refractivity contribution is 8.77. The maximum absolute atomic E-state index is 13.0. The Morgan fingerprint density at radius 2 is 0.650 bits per heavy atom. The third-order valence-corrected chi connectivity index (χ3v) is 15.8. The molecule has 0 aliphatic carbocycles. The van der Waals surface area contributed by atoms with Gasteiger partial charge in [0.1, 0.15) is 12.4 Å². The summed E-state index contributed by atoms with van der Waals surface area (Å²) in [5.41, 5.74) is 0. The molecule has 0 aromatic carbocycles. The van der Waals surface area contributed by atoms with Crippen molar-refractivity contribution in [2.75, 3.05) is 143 Å². The fourth-order valence-corrected chi connectivity index (χ4v) is 8.93. The number of nitrogens with one attached hydrogen (secondary N) is 1. The van der Waals surface area contributed by atoms with Crippen LogP contribution in [-0.2, 0) is 71.9 Å². The molecule has 0 saturated heterocycles. The van der Waals surface area contributed by atoms with Gasteiger partial charge in [0.15, 0.2) is 5.78 Å². The van der Waals surface area contributed by atoms with E-state index in [1.165, 1.54) is 75.4 Å². The number of hydrogen-bond acceptors (Lipinski definition) is 17. The molecule has 0 saturated carbocycles. The third kappa shape index (κ3) is 29.2. The standard InChI is InChI=1S/C52H89N11O15S2/c1-34(2)51(76)38(7)53-40(65)23-54(8)42(67)25-56(10)44(69)27-58(12)46(71)29-60(14)48(73)31-62(16)50(75)32-63(17)49(74)30-61(15)47(72)28-59(13)45(70)26-57(11)43(68)24-55(9)41(66)20-18-19-39(64)22-21-36(5)79-80-37(6)33-78-52(77)35(3)4/h34-38H,18-33H2,1-17H3,(H,53,65)/t36?,37?,38-/m0/s1. The normalized spacial score (nSPS) is 12.0. The second-order valence-electron chi connectivity index (χ2n) is 20.9. The fourth-order valence-electron chi connectivity index (χ4n) is 6.62. The van der Waals surface area contributed by atoms with Gasteiger partial charge in [0.25, 0.3) is 0 Å². The second-order valence-corrected chi connectivity index (χ2v) is 24.0. The minimum Gasteiger partial charge on any atom is -0.464 e. The first-order valence-corrected chi connectivity index (χ1v) is 28.5. The third-order valence-electron chi connectivity index (χ3n) is 12.4. The average Bonchev–Trinajstić information content (AvgIpc) is 3.37. The van der Waals surface area contributed by atoms with Gasteiger partial charge < -0.3 is 59.1 Å². The van der Waals surface area contributed by atoms with Crippen molar-refractivity contribution >= 4 is 104 Å². The Morgan fingerprint density at radius 1 is 0.362 bits per heavy atom. The number of ketones is 2. The molecule has 0 aliphatic heterocycles. The lowest BCUT2D eigenvalue weighted by molar-refractivity contribution is -0.147. The largest absolute Gasteiger partial charge is 0.464 e. The van der Waals surface area contributed by atoms with Gasteiger partial charge in [-0.2, -0.15) is 0 Å². The summed E-state index contributed by atoms with van der Waals surface area (Å²) in [6.07, 6.45) is 1.60. The molecule has 3 atom stereocenters. The van der Waals surface area contributed by atoms with Crippen LogP contribution in [0.25, 0.3) is 0 Å². The summed E-state index contributed by atoms with van der Waals surface area (Å²) in [5, 5.41) is 2.83. The van der Waals surface area contributed by atoms with E-state index in [2.05, 4.69) is 5.32 Å². The Bertz CT molecular complexity index is 2200. The molecule has 0 rings (SSSR count). The van der Waals surface area contributed by atoms with E-state index in [9.17, 15) is 67.1 Å². The quantitative estimate of drug-likeness (QED) is 0.0592. The van der Waals surface area contributed by atoms with Crippen LogP contribution in [-0.4, -0.2) is 291 Å². The predicted octanol–water partition coefficient (Wildman–Crippen LogP) is -0.823. The van der Waals surface area contributed by atoms with Crippen LogP contribution in [0.3, 0.4) is 0 Å². The van der Waals surface area contributed by atoms with E-state index in [1.807, 2.05) is 13.8 Å². The highest BCUT2D eigenvalue weighted by Crippen LogP contribution is 2.33. The van der Waals surface area contributed by atoms with Crippen molar-refractivity contribution in [1.29, 1.82) is 0 Å². The van der Waals surface area contributed by atoms with E-state index in [1.54, 1.807) is 56.2 Å². The summed E-state index contributed by atoms with van der Waals surface area (Å²) in [6, 6.07) is -0.740. The van der Waals surface area contributed by atoms with Gasteiger partial charge in [-0.25, -0.2) is 0 Å². The Hall–Kier alpha value is -6.32. The molecule has 1 N–H and O–H groups in total. The summed E-state index contributed by atoms with van der Waals surface area (Å²) in [6.45, 7) is 8.54. The van der Waals surface area contributed by atoms with E-state index in [0.29, 0.717) is 25.9 Å². The van der Waals surface area contributed by atoms with Gasteiger partial charge in [-0.3, -0.25) is 67.1 Å². The number of nitrogens with zero attached hydrogens (tertiary/aromatic N) is 10. The SMILES string of the molecule is CC(CCC(=O)CCCC(=O)N(C)CC(=O)N(C)CC(=O)N(C)CC(=O)N(C)CC(=O)N(C)CC(=O)N(C)CC(=O)N(C)CC(=O)N(C)CC(=O)N(C)CC(=O)N(C)CC(=O)N[C@@H](C)C(=O)C(C)C)SSC(C)COC(=O)C(C)C. The van der Waals surface area contributed by atoms with Crippen molar-refractivity contribution in [3.63, 3.8) is 0 Å². The summed E-state index contributed by atoms with van der Waals surface area (Å²) in [5.74, 6) is -7.25. The molecule has 2 unspecified atom stereocenters. The minimum absolute atomic E-state index is 0.0278. The highest BCUT2D eigenvalue weighted by Gasteiger charge is 2.28. The van der Waals surface area contributed by atoms with Gasteiger partial charge in [0.05, 0.1) is 77.4 Å². The Kier molecular flexibility index (Phi) is 33.9. The molecule has 0 fully saturated rings. The van der Waals surface area contributed by atoms with Crippen molar-refractivity contribution in [2.24, 2.45) is 11.8 Å². The van der Waals surface area contributed by atoms with Crippen LogP contribution in [0, 0.1) is 11.8 Å². The van der Waals surface area contributed by atoms with Crippen LogP contribution in [0.1, 0.15) is 80.6 Å². The Morgan fingerprint density at radius 3 is 0.950 bits per heavy atom. The first-order chi connectivity index (χ1) is 37.0. The van der Waals surface area contributed by atoms with Crippen LogP contribution in [0.5, 0.6) is 0 Å².